The fourth-order valence-electron chi connectivity index (χ4n) is 2.49. The van der Waals surface area contributed by atoms with E-state index in [1.807, 2.05) is 42.5 Å². The molecule has 3 aromatic rings. The minimum absolute atomic E-state index is 0. The van der Waals surface area contributed by atoms with Crippen LogP contribution >= 0.6 is 15.9 Å². The maximum Gasteiger partial charge on any atom is 0.175 e. The van der Waals surface area contributed by atoms with E-state index < -0.39 is 0 Å². The molecule has 1 N–H and O–H groups in total. The van der Waals surface area contributed by atoms with Gasteiger partial charge in [-0.2, -0.15) is 0 Å². The molecule has 0 fully saturated rings. The Hall–Kier alpha value is -1.86. The molecule has 0 saturated carbocycles. The fraction of sp³-hybridized carbons (Fsp3) is 0.200. The molecular weight excluding hydrogens is 465 g/mol. The Kier molecular flexibility index (Phi) is 10.9. The number of aromatic nitrogens is 2. The molecule has 5 nitrogen and oxygen atoms in total. The van der Waals surface area contributed by atoms with Crippen LogP contribution in [0.3, 0.4) is 0 Å². The van der Waals surface area contributed by atoms with Gasteiger partial charge in [-0.1, -0.05) is 12.1 Å². The Bertz CT molecular complexity index is 840. The first-order valence-corrected chi connectivity index (χ1v) is 9.04. The number of nitrogens with zero attached hydrogens (tertiary/aromatic N) is 2. The van der Waals surface area contributed by atoms with Crippen molar-refractivity contribution in [3.63, 3.8) is 0 Å². The first-order chi connectivity index (χ1) is 12.8. The van der Waals surface area contributed by atoms with Gasteiger partial charge in [0.15, 0.2) is 11.5 Å². The van der Waals surface area contributed by atoms with Gasteiger partial charge in [-0.25, -0.2) is 0 Å². The van der Waals surface area contributed by atoms with Gasteiger partial charge in [0, 0.05) is 37.2 Å². The van der Waals surface area contributed by atoms with E-state index in [9.17, 15) is 0 Å². The van der Waals surface area contributed by atoms with Crippen LogP contribution < -0.4 is 39.6 Å². The summed E-state index contributed by atoms with van der Waals surface area (Å²) in [4.78, 5) is 8.41. The van der Waals surface area contributed by atoms with Crippen molar-refractivity contribution in [2.75, 3.05) is 7.11 Å². The summed E-state index contributed by atoms with van der Waals surface area (Å²) in [6.45, 7) is 1.84. The molecular formula is C20H20BrCl2N3O2-2. The standard InChI is InChI=1S/C20H20BrN3O2.2ClH/c1-25-19-10-16(12-23-13-17-6-2-3-8-24-17)9-18(21)20(19)26-14-15-5-4-7-22-11-15;;/h2-11,23H,12-14H2,1H3;2*1H/p-2. The molecule has 0 bridgehead atoms. The van der Waals surface area contributed by atoms with E-state index in [1.54, 1.807) is 25.7 Å². The molecule has 0 unspecified atom stereocenters. The van der Waals surface area contributed by atoms with Crippen molar-refractivity contribution in [1.82, 2.24) is 15.3 Å². The van der Waals surface area contributed by atoms with Crippen molar-refractivity contribution >= 4 is 15.9 Å². The van der Waals surface area contributed by atoms with E-state index in [2.05, 4.69) is 31.2 Å². The lowest BCUT2D eigenvalue weighted by Crippen LogP contribution is -3.00. The second-order valence-corrected chi connectivity index (χ2v) is 6.54. The molecule has 1 aromatic carbocycles. The van der Waals surface area contributed by atoms with E-state index >= 15 is 0 Å². The third kappa shape index (κ3) is 6.95. The van der Waals surface area contributed by atoms with Gasteiger partial charge >= 0.3 is 0 Å². The van der Waals surface area contributed by atoms with Crippen molar-refractivity contribution in [3.8, 4) is 11.5 Å². The molecule has 2 aromatic heterocycles. The van der Waals surface area contributed by atoms with Gasteiger partial charge in [0.25, 0.3) is 0 Å². The summed E-state index contributed by atoms with van der Waals surface area (Å²) in [5.74, 6) is 1.38. The molecule has 0 spiro atoms. The van der Waals surface area contributed by atoms with Crippen molar-refractivity contribution in [3.05, 3.63) is 82.3 Å². The largest absolute Gasteiger partial charge is 1.00 e. The highest BCUT2D eigenvalue weighted by Crippen LogP contribution is 2.37. The molecule has 0 radical (unpaired) electrons. The second-order valence-electron chi connectivity index (χ2n) is 5.68. The number of rotatable bonds is 8. The van der Waals surface area contributed by atoms with Crippen LogP contribution in [0.15, 0.2) is 65.5 Å². The Balaban J connectivity index is 0.00000196. The van der Waals surface area contributed by atoms with Crippen LogP contribution in [0.2, 0.25) is 0 Å². The Morgan fingerprint density at radius 1 is 1.00 bits per heavy atom. The summed E-state index contributed by atoms with van der Waals surface area (Å²) in [5, 5.41) is 3.39. The summed E-state index contributed by atoms with van der Waals surface area (Å²) in [6.07, 6.45) is 5.33. The van der Waals surface area contributed by atoms with Crippen LogP contribution in [0.4, 0.5) is 0 Å². The molecule has 28 heavy (non-hydrogen) atoms. The number of hydrogen-bond donors (Lipinski definition) is 1. The summed E-state index contributed by atoms with van der Waals surface area (Å²) in [6, 6.07) is 13.8. The smallest absolute Gasteiger partial charge is 0.175 e. The lowest BCUT2D eigenvalue weighted by atomic mass is 10.2. The summed E-state index contributed by atoms with van der Waals surface area (Å²) in [7, 11) is 1.64. The maximum absolute atomic E-state index is 5.93. The Morgan fingerprint density at radius 2 is 1.86 bits per heavy atom. The highest BCUT2D eigenvalue weighted by atomic mass is 79.9. The molecule has 8 heteroatoms. The average Bonchev–Trinajstić information content (AvgIpc) is 2.68. The zero-order valence-corrected chi connectivity index (χ0v) is 18.3. The third-order valence-electron chi connectivity index (χ3n) is 3.76. The minimum atomic E-state index is 0. The first kappa shape index (κ1) is 24.2. The summed E-state index contributed by atoms with van der Waals surface area (Å²) in [5.41, 5.74) is 3.11. The SMILES string of the molecule is COc1cc(CNCc2ccccn2)cc(Br)c1OCc1cccnc1.[Cl-].[Cl-]. The van der Waals surface area contributed by atoms with E-state index in [0.717, 1.165) is 21.3 Å². The average molecular weight is 485 g/mol. The molecule has 3 rings (SSSR count). The molecule has 0 aliphatic carbocycles. The Labute approximate surface area is 185 Å². The quantitative estimate of drug-likeness (QED) is 0.406. The van der Waals surface area contributed by atoms with E-state index in [1.165, 1.54) is 0 Å². The fourth-order valence-corrected chi connectivity index (χ4v) is 3.10. The predicted molar refractivity (Wildman–Crippen MR) is 104 cm³/mol. The van der Waals surface area contributed by atoms with Crippen LogP contribution in [0.1, 0.15) is 16.8 Å². The lowest BCUT2D eigenvalue weighted by molar-refractivity contribution is -0.00100. The number of nitrogens with one attached hydrogen (secondary N) is 1. The predicted octanol–water partition coefficient (Wildman–Crippen LogP) is -1.88. The van der Waals surface area contributed by atoms with Crippen LogP contribution in [-0.2, 0) is 19.7 Å². The molecule has 150 valence electrons. The van der Waals surface area contributed by atoms with Gasteiger partial charge in [-0.3, -0.25) is 9.97 Å². The number of benzene rings is 1. The van der Waals surface area contributed by atoms with Gasteiger partial charge in [-0.05, 0) is 51.8 Å². The van der Waals surface area contributed by atoms with Gasteiger partial charge < -0.3 is 39.6 Å². The highest BCUT2D eigenvalue weighted by molar-refractivity contribution is 9.10. The maximum atomic E-state index is 5.93. The molecule has 0 aliphatic rings. The van der Waals surface area contributed by atoms with Crippen LogP contribution in [-0.4, -0.2) is 17.1 Å². The first-order valence-electron chi connectivity index (χ1n) is 8.25. The number of halogens is 3. The van der Waals surface area contributed by atoms with E-state index in [0.29, 0.717) is 31.2 Å². The van der Waals surface area contributed by atoms with Gasteiger partial charge in [0.05, 0.1) is 17.3 Å². The minimum Gasteiger partial charge on any atom is -1.00 e. The van der Waals surface area contributed by atoms with Gasteiger partial charge in [0.2, 0.25) is 0 Å². The summed E-state index contributed by atoms with van der Waals surface area (Å²) >= 11 is 3.59. The topological polar surface area (TPSA) is 56.3 Å². The monoisotopic (exact) mass is 483 g/mol. The number of ether oxygens (including phenoxy) is 2. The van der Waals surface area contributed by atoms with Crippen molar-refractivity contribution < 1.29 is 34.3 Å². The molecule has 0 atom stereocenters. The number of hydrogen-bond acceptors (Lipinski definition) is 5. The van der Waals surface area contributed by atoms with Crippen LogP contribution in [0.25, 0.3) is 0 Å². The normalized spacial score (nSPS) is 9.79. The van der Waals surface area contributed by atoms with Crippen molar-refractivity contribution in [1.29, 1.82) is 0 Å². The number of pyridine rings is 2. The molecule has 2 heterocycles. The summed E-state index contributed by atoms with van der Waals surface area (Å²) < 4.78 is 12.3. The second kappa shape index (κ2) is 12.6. The lowest BCUT2D eigenvalue weighted by Gasteiger charge is -2.15. The molecule has 0 aliphatic heterocycles. The van der Waals surface area contributed by atoms with Crippen molar-refractivity contribution in [2.45, 2.75) is 19.7 Å². The third-order valence-corrected chi connectivity index (χ3v) is 4.35. The van der Waals surface area contributed by atoms with Gasteiger partial charge in [-0.15, -0.1) is 0 Å². The van der Waals surface area contributed by atoms with E-state index in [-0.39, 0.29) is 24.8 Å². The Morgan fingerprint density at radius 3 is 2.54 bits per heavy atom. The van der Waals surface area contributed by atoms with Gasteiger partial charge in [0.1, 0.15) is 6.61 Å². The zero-order valence-electron chi connectivity index (χ0n) is 15.2. The van der Waals surface area contributed by atoms with Crippen LogP contribution in [0.5, 0.6) is 11.5 Å². The zero-order chi connectivity index (χ0) is 18.2. The van der Waals surface area contributed by atoms with E-state index in [4.69, 9.17) is 9.47 Å². The number of methoxy groups -OCH3 is 1. The van der Waals surface area contributed by atoms with Crippen molar-refractivity contribution in [2.24, 2.45) is 0 Å². The highest BCUT2D eigenvalue weighted by Gasteiger charge is 2.12. The van der Waals surface area contributed by atoms with Crippen LogP contribution in [0, 0.1) is 0 Å². The molecule has 0 saturated heterocycles. The molecule has 0 amide bonds.